The Kier molecular flexibility index (Phi) is 2.25. The molecule has 1 heterocycles. The van der Waals surface area contributed by atoms with Crippen molar-refractivity contribution >= 4 is 6.09 Å². The number of hydrogen-bond donors (Lipinski definition) is 1. The second-order valence-electron chi connectivity index (χ2n) is 6.72. The Balaban J connectivity index is 1.76. The third-order valence-electron chi connectivity index (χ3n) is 4.50. The highest BCUT2D eigenvalue weighted by atomic mass is 16.6. The molecule has 17 heavy (non-hydrogen) atoms. The lowest BCUT2D eigenvalue weighted by molar-refractivity contribution is 0.00721. The van der Waals surface area contributed by atoms with Crippen LogP contribution in [-0.4, -0.2) is 35.2 Å². The van der Waals surface area contributed by atoms with Gasteiger partial charge in [0.2, 0.25) is 0 Å². The van der Waals surface area contributed by atoms with E-state index in [0.717, 1.165) is 18.3 Å². The van der Waals surface area contributed by atoms with Crippen LogP contribution in [0.25, 0.3) is 0 Å². The van der Waals surface area contributed by atoms with Crippen LogP contribution in [0.5, 0.6) is 0 Å². The topological polar surface area (TPSA) is 55.6 Å². The maximum atomic E-state index is 12.2. The van der Waals surface area contributed by atoms with E-state index in [9.17, 15) is 4.79 Å². The summed E-state index contributed by atoms with van der Waals surface area (Å²) in [5, 5.41) is 0. The first kappa shape index (κ1) is 11.3. The van der Waals surface area contributed by atoms with Gasteiger partial charge in [-0.1, -0.05) is 0 Å². The van der Waals surface area contributed by atoms with Gasteiger partial charge in [0.25, 0.3) is 0 Å². The van der Waals surface area contributed by atoms with E-state index < -0.39 is 5.60 Å². The lowest BCUT2D eigenvalue weighted by Gasteiger charge is -2.35. The maximum Gasteiger partial charge on any atom is 0.410 e. The molecule has 0 aromatic heterocycles. The minimum Gasteiger partial charge on any atom is -0.444 e. The molecule has 3 aliphatic rings. The summed E-state index contributed by atoms with van der Waals surface area (Å²) >= 11 is 0. The van der Waals surface area contributed by atoms with Crippen LogP contribution >= 0.6 is 0 Å². The Bertz CT molecular complexity index is 350. The number of hydrogen-bond acceptors (Lipinski definition) is 3. The van der Waals surface area contributed by atoms with E-state index in [1.807, 2.05) is 25.7 Å². The van der Waals surface area contributed by atoms with Crippen LogP contribution in [0, 0.1) is 17.8 Å². The summed E-state index contributed by atoms with van der Waals surface area (Å²) < 4.78 is 5.50. The molecule has 0 aromatic carbocycles. The molecule has 2 saturated carbocycles. The Morgan fingerprint density at radius 1 is 1.29 bits per heavy atom. The van der Waals surface area contributed by atoms with E-state index in [2.05, 4.69) is 0 Å². The molecule has 1 saturated heterocycles. The molecule has 0 spiro atoms. The van der Waals surface area contributed by atoms with Gasteiger partial charge in [-0.3, -0.25) is 0 Å². The molecule has 4 nitrogen and oxygen atoms in total. The molecule has 3 fully saturated rings. The SMILES string of the molecule is CC(C)(C)OC(=O)N1C(CN)C2CC1C1CC21. The monoisotopic (exact) mass is 238 g/mol. The average Bonchev–Trinajstić information content (AvgIpc) is 2.82. The number of piperidine rings is 1. The summed E-state index contributed by atoms with van der Waals surface area (Å²) in [6, 6.07) is 0.631. The molecule has 1 amide bonds. The largest absolute Gasteiger partial charge is 0.444 e. The summed E-state index contributed by atoms with van der Waals surface area (Å²) in [6.07, 6.45) is 2.28. The summed E-state index contributed by atoms with van der Waals surface area (Å²) in [5.41, 5.74) is 5.43. The van der Waals surface area contributed by atoms with Gasteiger partial charge in [-0.15, -0.1) is 0 Å². The van der Waals surface area contributed by atoms with Gasteiger partial charge in [0.05, 0.1) is 6.04 Å². The highest BCUT2D eigenvalue weighted by Crippen LogP contribution is 2.63. The van der Waals surface area contributed by atoms with Gasteiger partial charge in [-0.2, -0.15) is 0 Å². The first-order valence-electron chi connectivity index (χ1n) is 6.64. The summed E-state index contributed by atoms with van der Waals surface area (Å²) in [6.45, 7) is 6.31. The van der Waals surface area contributed by atoms with Gasteiger partial charge in [0, 0.05) is 12.6 Å². The lowest BCUT2D eigenvalue weighted by Crippen LogP contribution is -2.51. The number of carbonyl (C=O) groups excluding carboxylic acids is 1. The minimum atomic E-state index is -0.416. The number of fused-ring (bicyclic) bond motifs is 5. The smallest absolute Gasteiger partial charge is 0.410 e. The van der Waals surface area contributed by atoms with E-state index in [1.54, 1.807) is 0 Å². The van der Waals surface area contributed by atoms with Gasteiger partial charge in [0.1, 0.15) is 5.60 Å². The molecule has 1 aliphatic heterocycles. The van der Waals surface area contributed by atoms with Crippen molar-refractivity contribution < 1.29 is 9.53 Å². The first-order valence-corrected chi connectivity index (χ1v) is 6.64. The van der Waals surface area contributed by atoms with Crippen LogP contribution in [0.3, 0.4) is 0 Å². The normalized spacial score (nSPS) is 42.6. The van der Waals surface area contributed by atoms with Gasteiger partial charge in [-0.05, 0) is 51.4 Å². The van der Waals surface area contributed by atoms with Crippen molar-refractivity contribution in [2.45, 2.75) is 51.3 Å². The van der Waals surface area contributed by atoms with Crippen LogP contribution in [0.2, 0.25) is 0 Å². The quantitative estimate of drug-likeness (QED) is 0.754. The number of nitrogens with zero attached hydrogens (tertiary/aromatic N) is 1. The van der Waals surface area contributed by atoms with Gasteiger partial charge >= 0.3 is 6.09 Å². The van der Waals surface area contributed by atoms with Crippen molar-refractivity contribution in [2.75, 3.05) is 6.54 Å². The Morgan fingerprint density at radius 3 is 2.59 bits per heavy atom. The Labute approximate surface area is 102 Å². The van der Waals surface area contributed by atoms with Crippen molar-refractivity contribution in [3.05, 3.63) is 0 Å². The number of ether oxygens (including phenoxy) is 1. The van der Waals surface area contributed by atoms with Crippen molar-refractivity contribution in [3.63, 3.8) is 0 Å². The zero-order valence-corrected chi connectivity index (χ0v) is 10.8. The molecule has 3 rings (SSSR count). The highest BCUT2D eigenvalue weighted by Gasteiger charge is 2.65. The van der Waals surface area contributed by atoms with E-state index in [-0.39, 0.29) is 12.1 Å². The lowest BCUT2D eigenvalue weighted by atomic mass is 9.97. The summed E-state index contributed by atoms with van der Waals surface area (Å²) in [5.74, 6) is 2.24. The van der Waals surface area contributed by atoms with E-state index in [1.165, 1.54) is 6.42 Å². The van der Waals surface area contributed by atoms with Gasteiger partial charge < -0.3 is 15.4 Å². The molecule has 2 N–H and O–H groups in total. The van der Waals surface area contributed by atoms with Crippen molar-refractivity contribution in [2.24, 2.45) is 23.5 Å². The van der Waals surface area contributed by atoms with Gasteiger partial charge in [-0.25, -0.2) is 4.79 Å². The molecule has 96 valence electrons. The predicted octanol–water partition coefficient (Wildman–Crippen LogP) is 1.59. The molecular formula is C13H22N2O2. The predicted molar refractivity (Wildman–Crippen MR) is 64.4 cm³/mol. The standard InChI is InChI=1S/C13H22N2O2/c1-13(2,3)17-12(16)15-10-5-9(11(15)6-14)7-4-8(7)10/h7-11H,4-6,14H2,1-3H3. The van der Waals surface area contributed by atoms with E-state index >= 15 is 0 Å². The molecule has 4 heteroatoms. The van der Waals surface area contributed by atoms with Gasteiger partial charge in [0.15, 0.2) is 0 Å². The number of carbonyl (C=O) groups is 1. The zero-order valence-electron chi connectivity index (χ0n) is 10.8. The van der Waals surface area contributed by atoms with Crippen molar-refractivity contribution in [3.8, 4) is 0 Å². The second-order valence-corrected chi connectivity index (χ2v) is 6.72. The number of likely N-dealkylation sites (tertiary alicyclic amines) is 1. The van der Waals surface area contributed by atoms with Crippen LogP contribution < -0.4 is 5.73 Å². The van der Waals surface area contributed by atoms with E-state index in [0.29, 0.717) is 18.5 Å². The second kappa shape index (κ2) is 3.37. The first-order chi connectivity index (χ1) is 7.92. The number of amides is 1. The van der Waals surface area contributed by atoms with Crippen molar-refractivity contribution in [1.29, 1.82) is 0 Å². The summed E-state index contributed by atoms with van der Waals surface area (Å²) in [7, 11) is 0. The third kappa shape index (κ3) is 1.65. The zero-order chi connectivity index (χ0) is 12.4. The maximum absolute atomic E-state index is 12.2. The molecule has 2 aliphatic carbocycles. The Hall–Kier alpha value is -0.770. The Morgan fingerprint density at radius 2 is 2.00 bits per heavy atom. The summed E-state index contributed by atoms with van der Waals surface area (Å²) in [4.78, 5) is 14.2. The minimum absolute atomic E-state index is 0.161. The van der Waals surface area contributed by atoms with E-state index in [4.69, 9.17) is 10.5 Å². The highest BCUT2D eigenvalue weighted by molar-refractivity contribution is 5.70. The van der Waals surface area contributed by atoms with Crippen LogP contribution in [0.15, 0.2) is 0 Å². The van der Waals surface area contributed by atoms with Crippen LogP contribution in [-0.2, 0) is 4.74 Å². The van der Waals surface area contributed by atoms with Crippen molar-refractivity contribution in [1.82, 2.24) is 4.90 Å². The molecular weight excluding hydrogens is 216 g/mol. The molecule has 0 radical (unpaired) electrons. The fourth-order valence-corrected chi connectivity index (χ4v) is 3.89. The molecule has 5 unspecified atom stereocenters. The molecule has 0 aromatic rings. The number of rotatable bonds is 1. The third-order valence-corrected chi connectivity index (χ3v) is 4.50. The van der Waals surface area contributed by atoms with Crippen LogP contribution in [0.4, 0.5) is 4.79 Å². The number of nitrogens with two attached hydrogens (primary N) is 1. The molecule has 2 bridgehead atoms. The fraction of sp³-hybridized carbons (Fsp3) is 0.923. The van der Waals surface area contributed by atoms with Crippen LogP contribution in [0.1, 0.15) is 33.6 Å². The molecule has 5 atom stereocenters. The fourth-order valence-electron chi connectivity index (χ4n) is 3.89. The average molecular weight is 238 g/mol.